The predicted octanol–water partition coefficient (Wildman–Crippen LogP) is 1.30. The second-order valence-electron chi connectivity index (χ2n) is 8.47. The van der Waals surface area contributed by atoms with Crippen molar-refractivity contribution >= 4 is 11.8 Å². The normalized spacial score (nSPS) is 32.1. The van der Waals surface area contributed by atoms with Crippen LogP contribution in [0.25, 0.3) is 0 Å². The third-order valence-corrected chi connectivity index (χ3v) is 7.08. The van der Waals surface area contributed by atoms with E-state index in [0.717, 1.165) is 35.8 Å². The maximum Gasteiger partial charge on any atom is 0.332 e. The molecule has 2 heterocycles. The van der Waals surface area contributed by atoms with Crippen LogP contribution in [0.5, 0.6) is 0 Å². The Balaban J connectivity index is 1.72. The van der Waals surface area contributed by atoms with Crippen molar-refractivity contribution in [1.29, 1.82) is 0 Å². The van der Waals surface area contributed by atoms with E-state index in [0.29, 0.717) is 11.5 Å². The van der Waals surface area contributed by atoms with Crippen LogP contribution < -0.4 is 17.0 Å². The van der Waals surface area contributed by atoms with Crippen LogP contribution in [-0.4, -0.2) is 21.2 Å². The van der Waals surface area contributed by atoms with Gasteiger partial charge in [-0.2, -0.15) is 0 Å². The van der Waals surface area contributed by atoms with Crippen LogP contribution in [0.15, 0.2) is 33.9 Å². The summed E-state index contributed by atoms with van der Waals surface area (Å²) in [5, 5.41) is 0. The minimum atomic E-state index is -0.478. The number of nitrogen functional groups attached to an aromatic ring is 1. The summed E-state index contributed by atoms with van der Waals surface area (Å²) >= 11 is 0. The molecule has 5 atom stereocenters. The quantitative estimate of drug-likeness (QED) is 0.611. The molecule has 0 radical (unpaired) electrons. The molecule has 2 saturated carbocycles. The van der Waals surface area contributed by atoms with Crippen molar-refractivity contribution in [3.8, 4) is 0 Å². The van der Waals surface area contributed by atoms with Gasteiger partial charge in [-0.3, -0.25) is 18.7 Å². The summed E-state index contributed by atoms with van der Waals surface area (Å²) in [7, 11) is 2.95. The van der Waals surface area contributed by atoms with E-state index in [9.17, 15) is 14.4 Å². The second kappa shape index (κ2) is 6.50. The molecule has 2 N–H and O–H groups in total. The average molecular weight is 385 g/mol. The Morgan fingerprint density at radius 2 is 1.75 bits per heavy atom. The van der Waals surface area contributed by atoms with Crippen molar-refractivity contribution in [2.75, 3.05) is 5.73 Å². The molecule has 0 bridgehead atoms. The number of ether oxygens (including phenoxy) is 1. The molecule has 1 unspecified atom stereocenters. The van der Waals surface area contributed by atoms with Crippen molar-refractivity contribution in [2.24, 2.45) is 37.8 Å². The number of carbonyl (C=O) groups is 1. The van der Waals surface area contributed by atoms with E-state index >= 15 is 0 Å². The Morgan fingerprint density at radius 3 is 2.46 bits per heavy atom. The standard InChI is InChI=1S/C21H27N3O4/c1-10-5-8-13-14(9-15-18(22)23(3)21(27)24(4)19(15)25)20(26)28-17(13)16-11(2)6-7-12(10)16/h12-14,16-17H,1-2,5-9,22H2,3-4H3/t12?,13-,14-,16-,17-/m0/s1. The van der Waals surface area contributed by atoms with Crippen LogP contribution in [0, 0.1) is 23.7 Å². The molecule has 4 rings (SSSR count). The molecule has 3 fully saturated rings. The highest BCUT2D eigenvalue weighted by Crippen LogP contribution is 2.52. The summed E-state index contributed by atoms with van der Waals surface area (Å²) < 4.78 is 8.15. The Hall–Kier alpha value is -2.57. The van der Waals surface area contributed by atoms with E-state index in [1.165, 1.54) is 24.2 Å². The first-order valence-electron chi connectivity index (χ1n) is 9.82. The highest BCUT2D eigenvalue weighted by molar-refractivity contribution is 5.76. The van der Waals surface area contributed by atoms with Crippen molar-refractivity contribution in [3.05, 3.63) is 50.7 Å². The van der Waals surface area contributed by atoms with Gasteiger partial charge in [0, 0.05) is 25.9 Å². The van der Waals surface area contributed by atoms with Gasteiger partial charge >= 0.3 is 11.7 Å². The van der Waals surface area contributed by atoms with E-state index in [-0.39, 0.29) is 36.1 Å². The number of nitrogens with two attached hydrogens (primary N) is 1. The van der Waals surface area contributed by atoms with Crippen molar-refractivity contribution in [1.82, 2.24) is 9.13 Å². The topological polar surface area (TPSA) is 96.3 Å². The fourth-order valence-corrected chi connectivity index (χ4v) is 5.42. The molecular formula is C21H27N3O4. The Kier molecular flexibility index (Phi) is 4.36. The van der Waals surface area contributed by atoms with Gasteiger partial charge < -0.3 is 10.5 Å². The number of carbonyl (C=O) groups excluding carboxylic acids is 1. The van der Waals surface area contributed by atoms with E-state index < -0.39 is 17.2 Å². The smallest absolute Gasteiger partial charge is 0.332 e. The van der Waals surface area contributed by atoms with Gasteiger partial charge in [0.15, 0.2) is 0 Å². The molecular weight excluding hydrogens is 358 g/mol. The number of aromatic nitrogens is 2. The van der Waals surface area contributed by atoms with Crippen molar-refractivity contribution < 1.29 is 9.53 Å². The average Bonchev–Trinajstić information content (AvgIpc) is 3.15. The first-order chi connectivity index (χ1) is 13.2. The molecule has 1 aliphatic heterocycles. The molecule has 0 spiro atoms. The lowest BCUT2D eigenvalue weighted by atomic mass is 9.78. The monoisotopic (exact) mass is 385 g/mol. The highest BCUT2D eigenvalue weighted by Gasteiger charge is 2.53. The van der Waals surface area contributed by atoms with Gasteiger partial charge in [-0.05, 0) is 38.0 Å². The molecule has 1 saturated heterocycles. The van der Waals surface area contributed by atoms with E-state index in [4.69, 9.17) is 10.5 Å². The van der Waals surface area contributed by atoms with Crippen molar-refractivity contribution in [3.63, 3.8) is 0 Å². The zero-order valence-electron chi connectivity index (χ0n) is 16.4. The van der Waals surface area contributed by atoms with Crippen LogP contribution in [0.1, 0.15) is 31.2 Å². The van der Waals surface area contributed by atoms with Gasteiger partial charge in [0.1, 0.15) is 11.9 Å². The zero-order valence-corrected chi connectivity index (χ0v) is 16.4. The van der Waals surface area contributed by atoms with Gasteiger partial charge in [-0.1, -0.05) is 24.3 Å². The molecule has 7 heteroatoms. The number of hydrogen-bond donors (Lipinski definition) is 1. The fourth-order valence-electron chi connectivity index (χ4n) is 5.42. The Bertz CT molecular complexity index is 1000. The number of fused-ring (bicyclic) bond motifs is 3. The zero-order chi connectivity index (χ0) is 20.3. The summed E-state index contributed by atoms with van der Waals surface area (Å²) in [4.78, 5) is 37.5. The fraction of sp³-hybridized carbons (Fsp3) is 0.571. The molecule has 7 nitrogen and oxygen atoms in total. The van der Waals surface area contributed by atoms with Gasteiger partial charge in [0.25, 0.3) is 5.56 Å². The molecule has 0 amide bonds. The maximum atomic E-state index is 12.8. The summed E-state index contributed by atoms with van der Waals surface area (Å²) in [6.45, 7) is 8.50. The molecule has 2 aliphatic carbocycles. The number of hydrogen-bond acceptors (Lipinski definition) is 5. The predicted molar refractivity (Wildman–Crippen MR) is 106 cm³/mol. The van der Waals surface area contributed by atoms with E-state index in [1.54, 1.807) is 0 Å². The number of allylic oxidation sites excluding steroid dienone is 1. The van der Waals surface area contributed by atoms with Gasteiger partial charge in [-0.25, -0.2) is 4.79 Å². The molecule has 28 heavy (non-hydrogen) atoms. The van der Waals surface area contributed by atoms with Crippen LogP contribution in [0.3, 0.4) is 0 Å². The lowest BCUT2D eigenvalue weighted by Gasteiger charge is -2.27. The summed E-state index contributed by atoms with van der Waals surface area (Å²) in [6, 6.07) is 0. The van der Waals surface area contributed by atoms with E-state index in [1.807, 2.05) is 0 Å². The Labute approximate surface area is 163 Å². The SMILES string of the molecule is C=C1CC[C@@H]2[C@H](OC(=O)[C@H]2Cc2c(N)n(C)c(=O)n(C)c2=O)[C@H]2C(=C)CCC12. The number of esters is 1. The second-order valence-corrected chi connectivity index (χ2v) is 8.47. The minimum Gasteiger partial charge on any atom is -0.461 e. The van der Waals surface area contributed by atoms with Gasteiger partial charge in [-0.15, -0.1) is 0 Å². The lowest BCUT2D eigenvalue weighted by molar-refractivity contribution is -0.145. The van der Waals surface area contributed by atoms with Crippen LogP contribution >= 0.6 is 0 Å². The maximum absolute atomic E-state index is 12.8. The van der Waals surface area contributed by atoms with Crippen LogP contribution in [0.2, 0.25) is 0 Å². The molecule has 1 aromatic heterocycles. The summed E-state index contributed by atoms with van der Waals surface area (Å²) in [5.74, 6) is -0.173. The minimum absolute atomic E-state index is 0.00422. The largest absolute Gasteiger partial charge is 0.461 e. The van der Waals surface area contributed by atoms with Gasteiger partial charge in [0.2, 0.25) is 0 Å². The van der Waals surface area contributed by atoms with Gasteiger partial charge in [0.05, 0.1) is 11.5 Å². The number of anilines is 1. The van der Waals surface area contributed by atoms with Crippen LogP contribution in [0.4, 0.5) is 5.82 Å². The molecule has 3 aliphatic rings. The van der Waals surface area contributed by atoms with Crippen LogP contribution in [-0.2, 0) is 30.0 Å². The Morgan fingerprint density at radius 1 is 1.07 bits per heavy atom. The lowest BCUT2D eigenvalue weighted by Crippen LogP contribution is -2.41. The highest BCUT2D eigenvalue weighted by atomic mass is 16.6. The third-order valence-electron chi connectivity index (χ3n) is 7.08. The van der Waals surface area contributed by atoms with E-state index in [2.05, 4.69) is 13.2 Å². The molecule has 1 aromatic rings. The number of rotatable bonds is 2. The first-order valence-corrected chi connectivity index (χ1v) is 9.82. The third kappa shape index (κ3) is 2.59. The molecule has 0 aromatic carbocycles. The number of nitrogens with zero attached hydrogens (tertiary/aromatic N) is 2. The summed E-state index contributed by atoms with van der Waals surface area (Å²) in [6.07, 6.45) is 3.57. The van der Waals surface area contributed by atoms with Crippen molar-refractivity contribution in [2.45, 2.75) is 38.2 Å². The molecule has 150 valence electrons. The first kappa shape index (κ1) is 18.8. The summed E-state index contributed by atoms with van der Waals surface area (Å²) in [5.41, 5.74) is 7.80.